The second-order valence-electron chi connectivity index (χ2n) is 8.93. The van der Waals surface area contributed by atoms with Crippen molar-refractivity contribution in [2.24, 2.45) is 4.99 Å². The first kappa shape index (κ1) is 26.4. The van der Waals surface area contributed by atoms with Crippen LogP contribution in [0, 0.1) is 0 Å². The normalized spacial score (nSPS) is 16.1. The van der Waals surface area contributed by atoms with E-state index in [9.17, 15) is 9.59 Å². The van der Waals surface area contributed by atoms with Gasteiger partial charge in [0.05, 0.1) is 33.5 Å². The summed E-state index contributed by atoms with van der Waals surface area (Å²) in [6.45, 7) is 2.06. The Morgan fingerprint density at radius 2 is 1.88 bits per heavy atom. The number of benzene rings is 3. The lowest BCUT2D eigenvalue weighted by atomic mass is 9.93. The summed E-state index contributed by atoms with van der Waals surface area (Å²) < 4.78 is 18.4. The smallest absolute Gasteiger partial charge is 0.338 e. The molecule has 4 aromatic rings. The zero-order valence-electron chi connectivity index (χ0n) is 21.5. The number of hydrogen-bond acceptors (Lipinski definition) is 8. The molecule has 6 rings (SSSR count). The largest absolute Gasteiger partial charge is 0.463 e. The van der Waals surface area contributed by atoms with E-state index in [0.717, 1.165) is 16.0 Å². The van der Waals surface area contributed by atoms with E-state index in [-0.39, 0.29) is 19.0 Å². The number of thiazole rings is 1. The van der Waals surface area contributed by atoms with Gasteiger partial charge in [0.1, 0.15) is 0 Å². The van der Waals surface area contributed by atoms with Gasteiger partial charge < -0.3 is 14.2 Å². The molecule has 3 aromatic carbocycles. The number of carbonyl (C=O) groups is 1. The Balaban J connectivity index is 1.62. The summed E-state index contributed by atoms with van der Waals surface area (Å²) in [5.41, 5.74) is 2.65. The number of rotatable bonds is 6. The lowest BCUT2D eigenvalue weighted by Crippen LogP contribution is -2.40. The van der Waals surface area contributed by atoms with Gasteiger partial charge in [-0.05, 0) is 48.6 Å². The van der Waals surface area contributed by atoms with E-state index in [1.807, 2.05) is 60.9 Å². The van der Waals surface area contributed by atoms with Gasteiger partial charge in [-0.2, -0.15) is 0 Å². The van der Waals surface area contributed by atoms with Crippen molar-refractivity contribution in [1.82, 2.24) is 4.57 Å². The summed E-state index contributed by atoms with van der Waals surface area (Å²) in [6.07, 6.45) is 3.72. The molecule has 40 heavy (non-hydrogen) atoms. The maximum atomic E-state index is 14.0. The van der Waals surface area contributed by atoms with Crippen LogP contribution in [0.5, 0.6) is 11.5 Å². The van der Waals surface area contributed by atoms with Crippen LogP contribution in [0.1, 0.15) is 29.7 Å². The van der Waals surface area contributed by atoms with Crippen molar-refractivity contribution in [2.75, 3.05) is 19.7 Å². The monoisotopic (exact) mass is 590 g/mol. The highest BCUT2D eigenvalue weighted by Crippen LogP contribution is 2.38. The Labute approximate surface area is 243 Å². The van der Waals surface area contributed by atoms with E-state index in [1.54, 1.807) is 41.5 Å². The van der Waals surface area contributed by atoms with Crippen LogP contribution in [0.4, 0.5) is 0 Å². The molecule has 2 aliphatic heterocycles. The van der Waals surface area contributed by atoms with Crippen LogP contribution in [-0.4, -0.2) is 30.2 Å². The molecule has 202 valence electrons. The summed E-state index contributed by atoms with van der Waals surface area (Å²) >= 11 is 9.38. The molecule has 0 amide bonds. The van der Waals surface area contributed by atoms with Gasteiger partial charge in [0.2, 0.25) is 6.79 Å². The van der Waals surface area contributed by atoms with Gasteiger partial charge in [0.15, 0.2) is 16.3 Å². The molecule has 0 unspecified atom stereocenters. The number of fused-ring (bicyclic) bond motifs is 2. The number of halogens is 1. The molecule has 1 aromatic heterocycles. The van der Waals surface area contributed by atoms with Gasteiger partial charge in [0, 0.05) is 16.5 Å². The molecule has 7 nitrogen and oxygen atoms in total. The minimum Gasteiger partial charge on any atom is -0.463 e. The summed E-state index contributed by atoms with van der Waals surface area (Å²) in [5, 5.41) is 0.427. The van der Waals surface area contributed by atoms with Crippen LogP contribution in [-0.2, 0) is 9.53 Å². The Morgan fingerprint density at radius 1 is 1.15 bits per heavy atom. The molecule has 1 atom stereocenters. The zero-order valence-corrected chi connectivity index (χ0v) is 23.9. The van der Waals surface area contributed by atoms with Gasteiger partial charge in [-0.15, -0.1) is 11.8 Å². The third kappa shape index (κ3) is 4.74. The van der Waals surface area contributed by atoms with Crippen LogP contribution in [0.2, 0.25) is 5.02 Å². The molecule has 0 saturated carbocycles. The fourth-order valence-electron chi connectivity index (χ4n) is 4.73. The summed E-state index contributed by atoms with van der Waals surface area (Å²) in [6, 6.07) is 20.0. The predicted octanol–water partition coefficient (Wildman–Crippen LogP) is 5.04. The molecule has 0 aliphatic carbocycles. The third-order valence-corrected chi connectivity index (χ3v) is 8.64. The Bertz CT molecular complexity index is 1830. The molecule has 0 radical (unpaired) electrons. The highest BCUT2D eigenvalue weighted by atomic mass is 35.5. The predicted molar refractivity (Wildman–Crippen MR) is 157 cm³/mol. The first-order chi connectivity index (χ1) is 19.5. The number of esters is 1. The van der Waals surface area contributed by atoms with Gasteiger partial charge in [-0.25, -0.2) is 9.79 Å². The number of hydrogen-bond donors (Lipinski definition) is 0. The van der Waals surface area contributed by atoms with E-state index in [4.69, 9.17) is 30.8 Å². The van der Waals surface area contributed by atoms with Crippen LogP contribution < -0.4 is 24.4 Å². The van der Waals surface area contributed by atoms with E-state index >= 15 is 0 Å². The fraction of sp³-hybridized carbons (Fsp3) is 0.167. The van der Waals surface area contributed by atoms with Crippen LogP contribution in [0.25, 0.3) is 11.8 Å². The SMILES string of the molecule is CCOC(=O)C1=C(c2ccccc2)N=c2s/c(=C\c3cc4c(cc3Cl)OCO4)c(=O)n2[C@@H]1c1ccc(SC)cc1. The van der Waals surface area contributed by atoms with Crippen molar-refractivity contribution >= 4 is 52.4 Å². The maximum absolute atomic E-state index is 14.0. The minimum absolute atomic E-state index is 0.117. The van der Waals surface area contributed by atoms with Crippen molar-refractivity contribution in [3.05, 3.63) is 114 Å². The van der Waals surface area contributed by atoms with Crippen molar-refractivity contribution in [2.45, 2.75) is 17.9 Å². The second-order valence-corrected chi connectivity index (χ2v) is 11.2. The molecule has 10 heteroatoms. The zero-order chi connectivity index (χ0) is 27.8. The van der Waals surface area contributed by atoms with Crippen molar-refractivity contribution in [3.63, 3.8) is 0 Å². The molecule has 0 N–H and O–H groups in total. The second kappa shape index (κ2) is 11.0. The lowest BCUT2D eigenvalue weighted by molar-refractivity contribution is -0.138. The van der Waals surface area contributed by atoms with Gasteiger partial charge in [-0.3, -0.25) is 9.36 Å². The molecular formula is C30H23ClN2O5S2. The standard InChI is InChI=1S/C30H23ClN2O5S2/c1-3-36-29(35)25-26(17-7-5-4-6-8-17)32-30-33(27(25)18-9-11-20(39-2)12-10-18)28(34)24(40-30)14-19-13-22-23(15-21(19)31)38-16-37-22/h4-15,27H,3,16H2,1-2H3/b24-14-/t27-/m1/s1. The van der Waals surface area contributed by atoms with Crippen LogP contribution in [0.3, 0.4) is 0 Å². The highest BCUT2D eigenvalue weighted by Gasteiger charge is 2.35. The summed E-state index contributed by atoms with van der Waals surface area (Å²) in [7, 11) is 0. The number of ether oxygens (including phenoxy) is 3. The van der Waals surface area contributed by atoms with Crippen LogP contribution >= 0.6 is 34.7 Å². The fourth-order valence-corrected chi connectivity index (χ4v) is 6.34. The van der Waals surface area contributed by atoms with E-state index in [2.05, 4.69) is 0 Å². The topological polar surface area (TPSA) is 79.1 Å². The number of aromatic nitrogens is 1. The number of nitrogens with zero attached hydrogens (tertiary/aromatic N) is 2. The molecule has 2 aliphatic rings. The minimum atomic E-state index is -0.740. The van der Waals surface area contributed by atoms with E-state index in [1.165, 1.54) is 11.3 Å². The molecule has 0 saturated heterocycles. The summed E-state index contributed by atoms with van der Waals surface area (Å²) in [5.74, 6) is 0.604. The molecule has 0 fully saturated rings. The van der Waals surface area contributed by atoms with Crippen molar-refractivity contribution in [1.29, 1.82) is 0 Å². The van der Waals surface area contributed by atoms with E-state index < -0.39 is 12.0 Å². The molecule has 3 heterocycles. The lowest BCUT2D eigenvalue weighted by Gasteiger charge is -2.26. The van der Waals surface area contributed by atoms with E-state index in [0.29, 0.717) is 42.7 Å². The van der Waals surface area contributed by atoms with Gasteiger partial charge in [-0.1, -0.05) is 65.4 Å². The van der Waals surface area contributed by atoms with Crippen molar-refractivity contribution in [3.8, 4) is 11.5 Å². The summed E-state index contributed by atoms with van der Waals surface area (Å²) in [4.78, 5) is 34.0. The molecule has 0 spiro atoms. The van der Waals surface area contributed by atoms with Gasteiger partial charge >= 0.3 is 5.97 Å². The quantitative estimate of drug-likeness (QED) is 0.231. The number of thioether (sulfide) groups is 1. The van der Waals surface area contributed by atoms with Gasteiger partial charge in [0.25, 0.3) is 5.56 Å². The first-order valence-electron chi connectivity index (χ1n) is 12.5. The third-order valence-electron chi connectivity index (χ3n) is 6.58. The Hall–Kier alpha value is -3.79. The Kier molecular flexibility index (Phi) is 7.27. The first-order valence-corrected chi connectivity index (χ1v) is 14.9. The molecular weight excluding hydrogens is 568 g/mol. The number of carbonyl (C=O) groups excluding carboxylic acids is 1. The Morgan fingerprint density at radius 3 is 2.58 bits per heavy atom. The molecule has 0 bridgehead atoms. The average molecular weight is 591 g/mol. The highest BCUT2D eigenvalue weighted by molar-refractivity contribution is 7.98. The van der Waals surface area contributed by atoms with Crippen molar-refractivity contribution < 1.29 is 19.0 Å². The van der Waals surface area contributed by atoms with Crippen LogP contribution in [0.15, 0.2) is 87.0 Å². The maximum Gasteiger partial charge on any atom is 0.338 e. The average Bonchev–Trinajstić information content (AvgIpc) is 3.56.